The van der Waals surface area contributed by atoms with Gasteiger partial charge in [0.25, 0.3) is 11.8 Å². The summed E-state index contributed by atoms with van der Waals surface area (Å²) >= 11 is 0. The average Bonchev–Trinajstić information content (AvgIpc) is 3.57. The summed E-state index contributed by atoms with van der Waals surface area (Å²) in [6.07, 6.45) is 0. The minimum absolute atomic E-state index is 0.0912. The minimum atomic E-state index is -1.58. The monoisotopic (exact) mass is 504 g/mol. The smallest absolute Gasteiger partial charge is 0.322 e. The van der Waals surface area contributed by atoms with Gasteiger partial charge in [0.05, 0.1) is 13.7 Å². The van der Waals surface area contributed by atoms with Crippen molar-refractivity contribution in [2.45, 2.75) is 19.0 Å². The maximum atomic E-state index is 13.2. The van der Waals surface area contributed by atoms with Crippen LogP contribution < -0.4 is 20.3 Å². The van der Waals surface area contributed by atoms with Gasteiger partial charge in [-0.3, -0.25) is 14.9 Å². The van der Waals surface area contributed by atoms with Gasteiger partial charge in [0.1, 0.15) is 22.8 Å². The second-order valence-corrected chi connectivity index (χ2v) is 9.58. The first-order chi connectivity index (χ1) is 17.9. The molecule has 0 radical (unpaired) electrons. The Morgan fingerprint density at radius 2 is 1.89 bits per heavy atom. The van der Waals surface area contributed by atoms with Crippen LogP contribution >= 0.6 is 0 Å². The van der Waals surface area contributed by atoms with Crippen molar-refractivity contribution in [2.75, 3.05) is 51.3 Å². The number of likely N-dealkylation sites (N-methyl/N-ethyl adjacent to an activating group) is 1. The lowest BCUT2D eigenvalue weighted by Crippen LogP contribution is -2.52. The number of carbonyl (C=O) groups excluding carboxylic acids is 3. The molecule has 3 aromatic rings. The summed E-state index contributed by atoms with van der Waals surface area (Å²) in [7, 11) is 1.54. The van der Waals surface area contributed by atoms with Crippen LogP contribution in [0.1, 0.15) is 28.6 Å². The molecule has 37 heavy (non-hydrogen) atoms. The quantitative estimate of drug-likeness (QED) is 0.487. The van der Waals surface area contributed by atoms with E-state index in [4.69, 9.17) is 14.1 Å². The average molecular weight is 505 g/mol. The Morgan fingerprint density at radius 1 is 1.08 bits per heavy atom. The number of methoxy groups -OCH3 is 1. The molecule has 11 nitrogen and oxygen atoms in total. The number of fused-ring (bicyclic) bond motifs is 2. The molecule has 3 aliphatic heterocycles. The molecule has 2 saturated heterocycles. The molecule has 0 bridgehead atoms. The number of hydrogen-bond donors (Lipinski definition) is 2. The highest BCUT2D eigenvalue weighted by atomic mass is 16.5. The molecule has 1 aromatic carbocycles. The van der Waals surface area contributed by atoms with Crippen LogP contribution in [0.15, 0.2) is 40.8 Å². The number of pyridine rings is 1. The van der Waals surface area contributed by atoms with Crippen molar-refractivity contribution < 1.29 is 23.5 Å². The fourth-order valence-corrected chi connectivity index (χ4v) is 5.33. The number of aromatic nitrogens is 1. The van der Waals surface area contributed by atoms with E-state index in [0.717, 1.165) is 44.1 Å². The summed E-state index contributed by atoms with van der Waals surface area (Å²) < 4.78 is 11.3. The van der Waals surface area contributed by atoms with Gasteiger partial charge in [-0.1, -0.05) is 13.0 Å². The molecule has 2 N–H and O–H groups in total. The first-order valence-corrected chi connectivity index (χ1v) is 12.4. The highest BCUT2D eigenvalue weighted by Crippen LogP contribution is 2.35. The Bertz CT molecular complexity index is 1410. The van der Waals surface area contributed by atoms with E-state index in [2.05, 4.69) is 27.4 Å². The number of nitrogens with zero attached hydrogens (tertiary/aromatic N) is 4. The van der Waals surface area contributed by atoms with E-state index in [1.165, 1.54) is 4.90 Å². The third-order valence-electron chi connectivity index (χ3n) is 7.49. The Morgan fingerprint density at radius 3 is 2.59 bits per heavy atom. The van der Waals surface area contributed by atoms with Gasteiger partial charge in [0.2, 0.25) is 0 Å². The van der Waals surface area contributed by atoms with Crippen LogP contribution in [0, 0.1) is 0 Å². The van der Waals surface area contributed by atoms with Crippen LogP contribution in [0.25, 0.3) is 11.1 Å². The van der Waals surface area contributed by atoms with Crippen molar-refractivity contribution >= 4 is 34.8 Å². The van der Waals surface area contributed by atoms with Gasteiger partial charge in [0, 0.05) is 44.4 Å². The number of urea groups is 1. The van der Waals surface area contributed by atoms with Crippen LogP contribution in [0.5, 0.6) is 5.75 Å². The summed E-state index contributed by atoms with van der Waals surface area (Å²) in [6, 6.07) is 10.1. The topological polar surface area (TPSA) is 120 Å². The van der Waals surface area contributed by atoms with Gasteiger partial charge in [-0.25, -0.2) is 9.78 Å². The van der Waals surface area contributed by atoms with Crippen molar-refractivity contribution in [3.05, 3.63) is 53.3 Å². The van der Waals surface area contributed by atoms with Crippen LogP contribution in [-0.4, -0.2) is 79.0 Å². The van der Waals surface area contributed by atoms with Gasteiger partial charge in [-0.05, 0) is 36.4 Å². The standard InChI is InChI=1S/C26H28N6O5/c1-3-30-8-10-31(11-9-30)22-7-6-20-19(27-22)13-21(37-20)26(24(34)28-25(35)29-26)15-32-14-16-4-5-17(36-2)12-18(16)23(32)33/h4-7,12-13H,3,8-11,14-15H2,1-2H3,(H2,28,29,34,35). The normalized spacial score (nSPS) is 21.9. The third-order valence-corrected chi connectivity index (χ3v) is 7.49. The summed E-state index contributed by atoms with van der Waals surface area (Å²) in [4.78, 5) is 49.6. The van der Waals surface area contributed by atoms with E-state index < -0.39 is 17.5 Å². The zero-order valence-corrected chi connectivity index (χ0v) is 20.7. The molecular weight excluding hydrogens is 476 g/mol. The van der Waals surface area contributed by atoms with E-state index in [9.17, 15) is 14.4 Å². The maximum absolute atomic E-state index is 13.2. The Hall–Kier alpha value is -4.12. The lowest BCUT2D eigenvalue weighted by atomic mass is 9.95. The summed E-state index contributed by atoms with van der Waals surface area (Å²) in [5, 5.41) is 5.04. The largest absolute Gasteiger partial charge is 0.497 e. The van der Waals surface area contributed by atoms with Crippen LogP contribution in [0.3, 0.4) is 0 Å². The van der Waals surface area contributed by atoms with E-state index >= 15 is 0 Å². The molecule has 5 heterocycles. The molecular formula is C26H28N6O5. The van der Waals surface area contributed by atoms with E-state index in [0.29, 0.717) is 29.0 Å². The molecule has 1 unspecified atom stereocenters. The second kappa shape index (κ2) is 8.77. The predicted octanol–water partition coefficient (Wildman–Crippen LogP) is 1.67. The molecule has 0 spiro atoms. The van der Waals surface area contributed by atoms with Crippen molar-refractivity contribution in [3.8, 4) is 5.75 Å². The number of carbonyl (C=O) groups is 3. The number of furan rings is 1. The summed E-state index contributed by atoms with van der Waals surface area (Å²) in [6.45, 7) is 7.09. The van der Waals surface area contributed by atoms with Gasteiger partial charge >= 0.3 is 6.03 Å². The summed E-state index contributed by atoms with van der Waals surface area (Å²) in [5.41, 5.74) is 0.842. The molecule has 6 rings (SSSR count). The van der Waals surface area contributed by atoms with Crippen molar-refractivity contribution in [1.82, 2.24) is 25.4 Å². The van der Waals surface area contributed by atoms with Crippen molar-refractivity contribution in [3.63, 3.8) is 0 Å². The zero-order valence-electron chi connectivity index (χ0n) is 20.7. The molecule has 11 heteroatoms. The number of imide groups is 1. The van der Waals surface area contributed by atoms with E-state index in [1.54, 1.807) is 25.3 Å². The molecule has 4 amide bonds. The van der Waals surface area contributed by atoms with Gasteiger partial charge in [-0.15, -0.1) is 0 Å². The SMILES string of the molecule is CCN1CCN(c2ccc3oc(C4(CN5Cc6ccc(OC)cc6C5=O)NC(=O)NC4=O)cc3n2)CC1. The molecule has 3 aliphatic rings. The van der Waals surface area contributed by atoms with E-state index in [-0.39, 0.29) is 18.2 Å². The number of rotatable bonds is 6. The highest BCUT2D eigenvalue weighted by Gasteiger charge is 2.53. The number of hydrogen-bond acceptors (Lipinski definition) is 8. The molecule has 1 atom stereocenters. The molecule has 0 aliphatic carbocycles. The van der Waals surface area contributed by atoms with Crippen LogP contribution in [-0.2, 0) is 16.9 Å². The fourth-order valence-electron chi connectivity index (χ4n) is 5.33. The number of piperazine rings is 1. The number of benzene rings is 1. The van der Waals surface area contributed by atoms with Gasteiger partial charge in [-0.2, -0.15) is 0 Å². The predicted molar refractivity (Wildman–Crippen MR) is 134 cm³/mol. The summed E-state index contributed by atoms with van der Waals surface area (Å²) in [5.74, 6) is 0.820. The van der Waals surface area contributed by atoms with Crippen molar-refractivity contribution in [2.24, 2.45) is 0 Å². The Balaban J connectivity index is 1.31. The Labute approximate surface area is 213 Å². The zero-order chi connectivity index (χ0) is 25.7. The molecule has 0 saturated carbocycles. The highest BCUT2D eigenvalue weighted by molar-refractivity contribution is 6.08. The lowest BCUT2D eigenvalue weighted by molar-refractivity contribution is -0.125. The van der Waals surface area contributed by atoms with Gasteiger partial charge in [0.15, 0.2) is 11.1 Å². The number of nitrogens with one attached hydrogen (secondary N) is 2. The minimum Gasteiger partial charge on any atom is -0.497 e. The first kappa shape index (κ1) is 23.3. The first-order valence-electron chi connectivity index (χ1n) is 12.4. The fraction of sp³-hybridized carbons (Fsp3) is 0.385. The Kier molecular flexibility index (Phi) is 5.52. The van der Waals surface area contributed by atoms with Gasteiger partial charge < -0.3 is 29.2 Å². The van der Waals surface area contributed by atoms with Crippen LogP contribution in [0.2, 0.25) is 0 Å². The number of amides is 4. The number of anilines is 1. The van der Waals surface area contributed by atoms with E-state index in [1.807, 2.05) is 18.2 Å². The third kappa shape index (κ3) is 3.86. The maximum Gasteiger partial charge on any atom is 0.322 e. The van der Waals surface area contributed by atoms with Crippen molar-refractivity contribution in [1.29, 1.82) is 0 Å². The molecule has 2 aromatic heterocycles. The molecule has 192 valence electrons. The lowest BCUT2D eigenvalue weighted by Gasteiger charge is -2.34. The molecule has 2 fully saturated rings. The second-order valence-electron chi connectivity index (χ2n) is 9.58. The number of ether oxygens (including phenoxy) is 1. The van der Waals surface area contributed by atoms with Crippen LogP contribution in [0.4, 0.5) is 10.6 Å².